The first-order valence-corrected chi connectivity index (χ1v) is 11.0. The lowest BCUT2D eigenvalue weighted by atomic mass is 10.1. The number of rotatable bonds is 9. The number of benzene rings is 3. The van der Waals surface area contributed by atoms with Crippen LogP contribution in [0, 0.1) is 0 Å². The van der Waals surface area contributed by atoms with Crippen LogP contribution in [-0.4, -0.2) is 54.2 Å². The smallest absolute Gasteiger partial charge is 0.337 e. The first-order valence-electron chi connectivity index (χ1n) is 11.0. The molecule has 0 spiro atoms. The topological polar surface area (TPSA) is 139 Å². The van der Waals surface area contributed by atoms with Gasteiger partial charge >= 0.3 is 12.0 Å². The quantitative estimate of drug-likeness (QED) is 0.364. The predicted molar refractivity (Wildman–Crippen MR) is 135 cm³/mol. The van der Waals surface area contributed by atoms with Crippen LogP contribution in [0.5, 0.6) is 0 Å². The number of aliphatic hydroxyl groups excluding tert-OH is 1. The Bertz CT molecular complexity index is 1220. The summed E-state index contributed by atoms with van der Waals surface area (Å²) in [7, 11) is 1.62. The molecule has 10 heteroatoms. The molecule has 0 aliphatic rings. The number of anilines is 3. The summed E-state index contributed by atoms with van der Waals surface area (Å²) < 4.78 is 0. The summed E-state index contributed by atoms with van der Waals surface area (Å²) in [4.78, 5) is 52.0. The first-order chi connectivity index (χ1) is 17.3. The van der Waals surface area contributed by atoms with Gasteiger partial charge in [0.2, 0.25) is 11.8 Å². The number of para-hydroxylation sites is 2. The lowest BCUT2D eigenvalue weighted by Gasteiger charge is -2.25. The molecule has 186 valence electrons. The average molecular weight is 491 g/mol. The van der Waals surface area contributed by atoms with Gasteiger partial charge < -0.3 is 30.6 Å². The second-order valence-corrected chi connectivity index (χ2v) is 7.78. The standard InChI is InChI=1S/C26H26N4O6/c1-29(20-11-4-2-5-12-20)23(32)17-30(21-13-6-3-7-14-21)22(31)16-27-26(36)28-19-10-8-9-18(15-19)24(33)25(34)35/h2-15,24,33H,16-17H2,1H3,(H,34,35)(H2,27,28,36)/t24-/m0/s1. The molecule has 0 bridgehead atoms. The van der Waals surface area contributed by atoms with Gasteiger partial charge in [0.05, 0.1) is 6.54 Å². The largest absolute Gasteiger partial charge is 0.479 e. The highest BCUT2D eigenvalue weighted by atomic mass is 16.4. The average Bonchev–Trinajstić information content (AvgIpc) is 2.90. The highest BCUT2D eigenvalue weighted by Gasteiger charge is 2.22. The summed E-state index contributed by atoms with van der Waals surface area (Å²) in [5, 5.41) is 23.6. The van der Waals surface area contributed by atoms with Gasteiger partial charge in [0.15, 0.2) is 6.10 Å². The number of urea groups is 1. The SMILES string of the molecule is CN(C(=O)CN(C(=O)CNC(=O)Nc1cccc([C@H](O)C(=O)O)c1)c1ccccc1)c1ccccc1. The summed E-state index contributed by atoms with van der Waals surface area (Å²) in [6, 6.07) is 22.6. The number of hydrogen-bond acceptors (Lipinski definition) is 5. The maximum absolute atomic E-state index is 13.0. The Kier molecular flexibility index (Phi) is 8.73. The second kappa shape index (κ2) is 12.1. The molecule has 3 aromatic carbocycles. The minimum absolute atomic E-state index is 0.0904. The van der Waals surface area contributed by atoms with Gasteiger partial charge in [-0.25, -0.2) is 9.59 Å². The number of nitrogens with zero attached hydrogens (tertiary/aromatic N) is 2. The van der Waals surface area contributed by atoms with Crippen LogP contribution < -0.4 is 20.4 Å². The van der Waals surface area contributed by atoms with Gasteiger partial charge in [-0.15, -0.1) is 0 Å². The molecule has 1 atom stereocenters. The van der Waals surface area contributed by atoms with Crippen LogP contribution in [0.1, 0.15) is 11.7 Å². The van der Waals surface area contributed by atoms with Crippen LogP contribution in [0.4, 0.5) is 21.9 Å². The Morgan fingerprint density at radius 3 is 2.06 bits per heavy atom. The summed E-state index contributed by atoms with van der Waals surface area (Å²) in [6.07, 6.45) is -1.73. The fourth-order valence-corrected chi connectivity index (χ4v) is 3.32. The van der Waals surface area contributed by atoms with Crippen molar-refractivity contribution in [2.45, 2.75) is 6.10 Å². The number of likely N-dealkylation sites (N-methyl/N-ethyl adjacent to an activating group) is 1. The number of aliphatic carboxylic acids is 1. The van der Waals surface area contributed by atoms with Crippen molar-refractivity contribution in [2.24, 2.45) is 0 Å². The van der Waals surface area contributed by atoms with Crippen molar-refractivity contribution in [3.8, 4) is 0 Å². The number of hydrogen-bond donors (Lipinski definition) is 4. The Morgan fingerprint density at radius 2 is 1.44 bits per heavy atom. The molecule has 4 N–H and O–H groups in total. The molecular weight excluding hydrogens is 464 g/mol. The normalized spacial score (nSPS) is 11.2. The molecule has 4 amide bonds. The van der Waals surface area contributed by atoms with Crippen molar-refractivity contribution in [1.29, 1.82) is 0 Å². The molecule has 0 heterocycles. The minimum Gasteiger partial charge on any atom is -0.479 e. The minimum atomic E-state index is -1.73. The molecule has 3 rings (SSSR count). The van der Waals surface area contributed by atoms with E-state index in [2.05, 4.69) is 10.6 Å². The predicted octanol–water partition coefficient (Wildman–Crippen LogP) is 2.62. The molecule has 0 radical (unpaired) electrons. The summed E-state index contributed by atoms with van der Waals surface area (Å²) in [5.74, 6) is -2.26. The van der Waals surface area contributed by atoms with E-state index in [0.29, 0.717) is 11.4 Å². The van der Waals surface area contributed by atoms with Crippen molar-refractivity contribution in [2.75, 3.05) is 35.3 Å². The number of nitrogens with one attached hydrogen (secondary N) is 2. The van der Waals surface area contributed by atoms with Gasteiger partial charge in [0.1, 0.15) is 6.54 Å². The van der Waals surface area contributed by atoms with Crippen molar-refractivity contribution in [1.82, 2.24) is 5.32 Å². The second-order valence-electron chi connectivity index (χ2n) is 7.78. The maximum Gasteiger partial charge on any atom is 0.337 e. The zero-order chi connectivity index (χ0) is 26.1. The monoisotopic (exact) mass is 490 g/mol. The molecule has 0 aliphatic carbocycles. The van der Waals surface area contributed by atoms with Crippen LogP contribution in [0.25, 0.3) is 0 Å². The van der Waals surface area contributed by atoms with Gasteiger partial charge in [0.25, 0.3) is 0 Å². The van der Waals surface area contributed by atoms with E-state index in [9.17, 15) is 24.3 Å². The van der Waals surface area contributed by atoms with Gasteiger partial charge in [-0.1, -0.05) is 48.5 Å². The number of carboxylic acid groups (broad SMARTS) is 1. The van der Waals surface area contributed by atoms with Crippen molar-refractivity contribution >= 4 is 40.9 Å². The van der Waals surface area contributed by atoms with Gasteiger partial charge in [-0.05, 0) is 42.0 Å². The zero-order valence-corrected chi connectivity index (χ0v) is 19.5. The Morgan fingerprint density at radius 1 is 0.833 bits per heavy atom. The van der Waals surface area contributed by atoms with Gasteiger partial charge in [-0.2, -0.15) is 0 Å². The number of carbonyl (C=O) groups is 4. The number of carbonyl (C=O) groups excluding carboxylic acids is 3. The van der Waals surface area contributed by atoms with Crippen molar-refractivity contribution in [3.63, 3.8) is 0 Å². The molecular formula is C26H26N4O6. The van der Waals surface area contributed by atoms with E-state index in [-0.39, 0.29) is 23.7 Å². The van der Waals surface area contributed by atoms with Crippen LogP contribution >= 0.6 is 0 Å². The van der Waals surface area contributed by atoms with Crippen molar-refractivity contribution < 1.29 is 29.4 Å². The highest BCUT2D eigenvalue weighted by Crippen LogP contribution is 2.18. The Balaban J connectivity index is 1.65. The van der Waals surface area contributed by atoms with E-state index >= 15 is 0 Å². The molecule has 0 saturated heterocycles. The number of carboxylic acids is 1. The summed E-state index contributed by atoms with van der Waals surface area (Å²) in [5.41, 5.74) is 1.50. The molecule has 0 aliphatic heterocycles. The van der Waals surface area contributed by atoms with Crippen LogP contribution in [0.3, 0.4) is 0 Å². The van der Waals surface area contributed by atoms with Crippen LogP contribution in [-0.2, 0) is 14.4 Å². The Hall–Kier alpha value is -4.70. The van der Waals surface area contributed by atoms with E-state index in [4.69, 9.17) is 5.11 Å². The number of aliphatic hydroxyl groups is 1. The lowest BCUT2D eigenvalue weighted by molar-refractivity contribution is -0.147. The van der Waals surface area contributed by atoms with Gasteiger partial charge in [0, 0.05) is 24.1 Å². The van der Waals surface area contributed by atoms with Gasteiger partial charge in [-0.3, -0.25) is 9.59 Å². The van der Waals surface area contributed by atoms with Crippen LogP contribution in [0.2, 0.25) is 0 Å². The molecule has 10 nitrogen and oxygen atoms in total. The van der Waals surface area contributed by atoms with E-state index in [1.807, 2.05) is 6.07 Å². The maximum atomic E-state index is 13.0. The molecule has 0 unspecified atom stereocenters. The fraction of sp³-hybridized carbons (Fsp3) is 0.154. The molecule has 3 aromatic rings. The van der Waals surface area contributed by atoms with Crippen molar-refractivity contribution in [3.05, 3.63) is 90.5 Å². The summed E-state index contributed by atoms with van der Waals surface area (Å²) >= 11 is 0. The third-order valence-corrected chi connectivity index (χ3v) is 5.27. The van der Waals surface area contributed by atoms with Crippen LogP contribution in [0.15, 0.2) is 84.9 Å². The fourth-order valence-electron chi connectivity index (χ4n) is 3.32. The Labute approximate surface area is 207 Å². The van der Waals surface area contributed by atoms with E-state index < -0.39 is 30.6 Å². The molecule has 0 fully saturated rings. The molecule has 36 heavy (non-hydrogen) atoms. The lowest BCUT2D eigenvalue weighted by Crippen LogP contribution is -2.46. The first kappa shape index (κ1) is 25.9. The zero-order valence-electron chi connectivity index (χ0n) is 19.5. The number of amides is 4. The van der Waals surface area contributed by atoms with E-state index in [0.717, 1.165) is 0 Å². The van der Waals surface area contributed by atoms with E-state index in [1.165, 1.54) is 34.1 Å². The molecule has 0 aromatic heterocycles. The van der Waals surface area contributed by atoms with E-state index in [1.54, 1.807) is 61.6 Å². The highest BCUT2D eigenvalue weighted by molar-refractivity contribution is 6.05. The molecule has 0 saturated carbocycles. The third-order valence-electron chi connectivity index (χ3n) is 5.27. The summed E-state index contributed by atoms with van der Waals surface area (Å²) in [6.45, 7) is -0.646. The third kappa shape index (κ3) is 6.90.